The zero-order valence-electron chi connectivity index (χ0n) is 15.5. The summed E-state index contributed by atoms with van der Waals surface area (Å²) in [6.07, 6.45) is 0. The first-order chi connectivity index (χ1) is 13.5. The highest BCUT2D eigenvalue weighted by Crippen LogP contribution is 2.17. The van der Waals surface area contributed by atoms with Crippen LogP contribution >= 0.6 is 0 Å². The van der Waals surface area contributed by atoms with Crippen molar-refractivity contribution in [1.82, 2.24) is 14.1 Å². The molecule has 2 aromatic carbocycles. The second-order valence-electron chi connectivity index (χ2n) is 6.72. The molecule has 0 radical (unpaired) electrons. The fourth-order valence-corrected chi connectivity index (χ4v) is 3.42. The number of benzene rings is 2. The van der Waals surface area contributed by atoms with E-state index in [4.69, 9.17) is 0 Å². The highest BCUT2D eigenvalue weighted by molar-refractivity contribution is 5.79. The summed E-state index contributed by atoms with van der Waals surface area (Å²) < 4.78 is 16.7. The van der Waals surface area contributed by atoms with Gasteiger partial charge in [0, 0.05) is 11.3 Å². The summed E-state index contributed by atoms with van der Waals surface area (Å²) in [4.78, 5) is 30.9. The van der Waals surface area contributed by atoms with E-state index in [-0.39, 0.29) is 12.1 Å². The molecule has 0 atom stereocenters. The number of hydrogen-bond acceptors (Lipinski definition) is 3. The summed E-state index contributed by atoms with van der Waals surface area (Å²) in [5, 5.41) is 0.352. The minimum absolute atomic E-state index is 0.152. The molecule has 2 heterocycles. The van der Waals surface area contributed by atoms with Gasteiger partial charge in [-0.25, -0.2) is 18.7 Å². The number of pyridine rings is 1. The van der Waals surface area contributed by atoms with Crippen LogP contribution in [-0.4, -0.2) is 14.1 Å². The number of para-hydroxylation sites is 1. The molecule has 140 valence electrons. The third kappa shape index (κ3) is 2.93. The Hall–Kier alpha value is -3.54. The number of aryl methyl sites for hydroxylation is 2. The van der Waals surface area contributed by atoms with Gasteiger partial charge < -0.3 is 0 Å². The molecule has 0 amide bonds. The molecule has 6 heteroatoms. The highest BCUT2D eigenvalue weighted by Gasteiger charge is 2.18. The topological polar surface area (TPSA) is 56.9 Å². The van der Waals surface area contributed by atoms with E-state index in [9.17, 15) is 14.0 Å². The Kier molecular flexibility index (Phi) is 4.39. The van der Waals surface area contributed by atoms with Gasteiger partial charge in [0.05, 0.1) is 17.6 Å². The lowest BCUT2D eigenvalue weighted by Crippen LogP contribution is -2.40. The van der Waals surface area contributed by atoms with Gasteiger partial charge in [0.25, 0.3) is 5.56 Å². The van der Waals surface area contributed by atoms with Gasteiger partial charge in [-0.1, -0.05) is 36.4 Å². The second kappa shape index (κ2) is 6.88. The van der Waals surface area contributed by atoms with E-state index in [2.05, 4.69) is 4.98 Å². The molecule has 0 fully saturated rings. The summed E-state index contributed by atoms with van der Waals surface area (Å²) in [6.45, 7) is 3.48. The van der Waals surface area contributed by atoms with Crippen molar-refractivity contribution in [3.05, 3.63) is 104 Å². The van der Waals surface area contributed by atoms with Crippen LogP contribution in [0.3, 0.4) is 0 Å². The van der Waals surface area contributed by atoms with Crippen LogP contribution in [0.1, 0.15) is 16.8 Å². The molecule has 0 bridgehead atoms. The quantitative estimate of drug-likeness (QED) is 0.552. The number of aromatic nitrogens is 3. The Bertz CT molecular complexity index is 1310. The summed E-state index contributed by atoms with van der Waals surface area (Å²) in [6, 6.07) is 16.9. The molecule has 4 rings (SSSR count). The van der Waals surface area contributed by atoms with Crippen LogP contribution in [0, 0.1) is 19.7 Å². The van der Waals surface area contributed by atoms with Crippen LogP contribution in [0.25, 0.3) is 16.7 Å². The number of rotatable bonds is 3. The van der Waals surface area contributed by atoms with Gasteiger partial charge in [-0.3, -0.25) is 9.36 Å². The highest BCUT2D eigenvalue weighted by atomic mass is 19.1. The summed E-state index contributed by atoms with van der Waals surface area (Å²) in [7, 11) is 0. The third-order valence-corrected chi connectivity index (χ3v) is 4.72. The maximum Gasteiger partial charge on any atom is 0.337 e. The Morgan fingerprint density at radius 3 is 2.36 bits per heavy atom. The summed E-state index contributed by atoms with van der Waals surface area (Å²) >= 11 is 0. The largest absolute Gasteiger partial charge is 0.337 e. The smallest absolute Gasteiger partial charge is 0.268 e. The molecule has 0 unspecified atom stereocenters. The Morgan fingerprint density at radius 2 is 1.64 bits per heavy atom. The van der Waals surface area contributed by atoms with E-state index in [1.807, 2.05) is 32.0 Å². The van der Waals surface area contributed by atoms with Gasteiger partial charge >= 0.3 is 5.69 Å². The molecule has 0 saturated heterocycles. The van der Waals surface area contributed by atoms with E-state index in [0.717, 1.165) is 10.1 Å². The van der Waals surface area contributed by atoms with Crippen LogP contribution in [0.15, 0.2) is 70.3 Å². The number of hydrogen-bond donors (Lipinski definition) is 0. The molecule has 0 spiro atoms. The molecule has 28 heavy (non-hydrogen) atoms. The van der Waals surface area contributed by atoms with Crippen molar-refractivity contribution in [3.63, 3.8) is 0 Å². The minimum atomic E-state index is -0.551. The van der Waals surface area contributed by atoms with Crippen LogP contribution < -0.4 is 11.2 Å². The number of halogens is 1. The first kappa shape index (κ1) is 17.9. The normalized spacial score (nSPS) is 11.1. The van der Waals surface area contributed by atoms with Gasteiger partial charge in [-0.15, -0.1) is 0 Å². The molecular weight excluding hydrogens is 357 g/mol. The second-order valence-corrected chi connectivity index (χ2v) is 6.72. The van der Waals surface area contributed by atoms with Crippen molar-refractivity contribution in [2.24, 2.45) is 0 Å². The molecule has 5 nitrogen and oxygen atoms in total. The maximum atomic E-state index is 14.2. The van der Waals surface area contributed by atoms with E-state index in [1.54, 1.807) is 36.4 Å². The lowest BCUT2D eigenvalue weighted by atomic mass is 10.1. The van der Waals surface area contributed by atoms with E-state index >= 15 is 0 Å². The SMILES string of the molecule is Cc1cc(C)c2c(=O)n(Cc3ccccc3F)c(=O)n(-c3ccccc3)c2n1. The molecule has 0 aliphatic carbocycles. The number of nitrogens with zero attached hydrogens (tertiary/aromatic N) is 3. The predicted octanol–water partition coefficient (Wildman–Crippen LogP) is 3.35. The lowest BCUT2D eigenvalue weighted by Gasteiger charge is -2.15. The standard InChI is InChI=1S/C22H18FN3O2/c1-14-12-15(2)24-20-19(14)21(27)25(13-16-8-6-7-11-18(16)23)22(28)26(20)17-9-4-3-5-10-17/h3-12H,13H2,1-2H3. The summed E-state index contributed by atoms with van der Waals surface area (Å²) in [5.74, 6) is -0.459. The van der Waals surface area contributed by atoms with E-state index < -0.39 is 17.1 Å². The molecule has 0 N–H and O–H groups in total. The average molecular weight is 375 g/mol. The fourth-order valence-electron chi connectivity index (χ4n) is 3.42. The monoisotopic (exact) mass is 375 g/mol. The zero-order valence-corrected chi connectivity index (χ0v) is 15.5. The Balaban J connectivity index is 2.11. The van der Waals surface area contributed by atoms with Crippen molar-refractivity contribution in [1.29, 1.82) is 0 Å². The fraction of sp³-hybridized carbons (Fsp3) is 0.136. The van der Waals surface area contributed by atoms with Gasteiger partial charge in [0.2, 0.25) is 0 Å². The van der Waals surface area contributed by atoms with Gasteiger partial charge in [-0.05, 0) is 43.7 Å². The number of fused-ring (bicyclic) bond motifs is 1. The first-order valence-corrected chi connectivity index (χ1v) is 8.90. The molecule has 4 aromatic rings. The van der Waals surface area contributed by atoms with Gasteiger partial charge in [0.15, 0.2) is 5.65 Å². The molecule has 0 saturated carbocycles. The zero-order chi connectivity index (χ0) is 19.8. The molecule has 0 aliphatic rings. The van der Waals surface area contributed by atoms with E-state index in [0.29, 0.717) is 22.4 Å². The van der Waals surface area contributed by atoms with Crippen molar-refractivity contribution in [2.75, 3.05) is 0 Å². The van der Waals surface area contributed by atoms with Crippen molar-refractivity contribution >= 4 is 11.0 Å². The van der Waals surface area contributed by atoms with Gasteiger partial charge in [-0.2, -0.15) is 0 Å². The predicted molar refractivity (Wildman–Crippen MR) is 107 cm³/mol. The summed E-state index contributed by atoms with van der Waals surface area (Å²) in [5.41, 5.74) is 1.59. The Labute approximate surface area is 160 Å². The average Bonchev–Trinajstić information content (AvgIpc) is 2.67. The Morgan fingerprint density at radius 1 is 0.964 bits per heavy atom. The van der Waals surface area contributed by atoms with E-state index in [1.165, 1.54) is 10.6 Å². The molecule has 0 aliphatic heterocycles. The minimum Gasteiger partial charge on any atom is -0.268 e. The van der Waals surface area contributed by atoms with Crippen molar-refractivity contribution in [2.45, 2.75) is 20.4 Å². The molecular formula is C22H18FN3O2. The van der Waals surface area contributed by atoms with Crippen molar-refractivity contribution < 1.29 is 4.39 Å². The van der Waals surface area contributed by atoms with Gasteiger partial charge in [0.1, 0.15) is 5.82 Å². The van der Waals surface area contributed by atoms with Crippen molar-refractivity contribution in [3.8, 4) is 5.69 Å². The third-order valence-electron chi connectivity index (χ3n) is 4.72. The first-order valence-electron chi connectivity index (χ1n) is 8.90. The van der Waals surface area contributed by atoms with Crippen LogP contribution in [0.5, 0.6) is 0 Å². The van der Waals surface area contributed by atoms with Crippen LogP contribution in [0.2, 0.25) is 0 Å². The lowest BCUT2D eigenvalue weighted by molar-refractivity contribution is 0.587. The van der Waals surface area contributed by atoms with Crippen LogP contribution in [0.4, 0.5) is 4.39 Å². The van der Waals surface area contributed by atoms with Crippen LogP contribution in [-0.2, 0) is 6.54 Å². The maximum absolute atomic E-state index is 14.2. The molecule has 2 aromatic heterocycles.